The highest BCUT2D eigenvalue weighted by Gasteiger charge is 2.26. The summed E-state index contributed by atoms with van der Waals surface area (Å²) in [6, 6.07) is 9.26. The van der Waals surface area contributed by atoms with Crippen LogP contribution in [0.2, 0.25) is 0 Å². The molecule has 1 aliphatic carbocycles. The maximum Gasteiger partial charge on any atom is 0.296 e. The van der Waals surface area contributed by atoms with E-state index < -0.39 is 4.92 Å². The van der Waals surface area contributed by atoms with Gasteiger partial charge >= 0.3 is 0 Å². The maximum absolute atomic E-state index is 11.1. The molecule has 108 valence electrons. The van der Waals surface area contributed by atoms with Gasteiger partial charge in [0.25, 0.3) is 5.69 Å². The first-order valence-corrected chi connectivity index (χ1v) is 6.61. The van der Waals surface area contributed by atoms with E-state index in [0.29, 0.717) is 5.69 Å². The highest BCUT2D eigenvalue weighted by atomic mass is 16.6. The van der Waals surface area contributed by atoms with E-state index in [9.17, 15) is 20.3 Å². The molecule has 0 amide bonds. The van der Waals surface area contributed by atoms with Crippen molar-refractivity contribution >= 4 is 11.4 Å². The molecule has 1 aliphatic rings. The summed E-state index contributed by atoms with van der Waals surface area (Å²) in [5.41, 5.74) is 2.04. The van der Waals surface area contributed by atoms with Crippen LogP contribution >= 0.6 is 0 Å². The smallest absolute Gasteiger partial charge is 0.296 e. The number of nitrogens with one attached hydrogen (secondary N) is 1. The monoisotopic (exact) mass is 286 g/mol. The number of phenolic OH excluding ortho intramolecular Hbond substituents is 2. The largest absolute Gasteiger partial charge is 0.508 e. The van der Waals surface area contributed by atoms with Gasteiger partial charge in [-0.2, -0.15) is 0 Å². The van der Waals surface area contributed by atoms with Crippen molar-refractivity contribution in [1.82, 2.24) is 0 Å². The van der Waals surface area contributed by atoms with Crippen LogP contribution in [-0.2, 0) is 6.42 Å². The van der Waals surface area contributed by atoms with Crippen molar-refractivity contribution in [2.45, 2.75) is 18.9 Å². The minimum absolute atomic E-state index is 0.0876. The lowest BCUT2D eigenvalue weighted by molar-refractivity contribution is -0.384. The Bertz CT molecular complexity index is 715. The van der Waals surface area contributed by atoms with Gasteiger partial charge in [0.05, 0.1) is 17.0 Å². The summed E-state index contributed by atoms with van der Waals surface area (Å²) in [5, 5.41) is 33.4. The molecule has 3 rings (SSSR count). The Kier molecular flexibility index (Phi) is 3.13. The molecule has 2 aromatic rings. The van der Waals surface area contributed by atoms with Crippen molar-refractivity contribution in [2.75, 3.05) is 5.32 Å². The van der Waals surface area contributed by atoms with E-state index in [-0.39, 0.29) is 23.2 Å². The average Bonchev–Trinajstić information content (AvgIpc) is 2.85. The lowest BCUT2D eigenvalue weighted by atomic mass is 10.1. The molecule has 0 fully saturated rings. The summed E-state index contributed by atoms with van der Waals surface area (Å²) in [6.07, 6.45) is 1.48. The Labute approximate surface area is 120 Å². The zero-order chi connectivity index (χ0) is 15.0. The molecule has 0 aromatic heterocycles. The molecule has 0 radical (unpaired) electrons. The maximum atomic E-state index is 11.1. The standard InChI is InChI=1S/C15H14N2O4/c18-9-4-6-13(14(8-9)17(20)21)16-12-7-5-11-10(12)2-1-3-15(11)19/h1-4,6,8,12,16,18-19H,5,7H2. The zero-order valence-corrected chi connectivity index (χ0v) is 11.1. The first-order chi connectivity index (χ1) is 10.1. The number of nitro groups is 1. The fraction of sp³-hybridized carbons (Fsp3) is 0.200. The van der Waals surface area contributed by atoms with Crippen LogP contribution in [0.25, 0.3) is 0 Å². The number of fused-ring (bicyclic) bond motifs is 1. The predicted molar refractivity (Wildman–Crippen MR) is 77.6 cm³/mol. The second kappa shape index (κ2) is 4.97. The molecular weight excluding hydrogens is 272 g/mol. The van der Waals surface area contributed by atoms with Gasteiger partial charge in [0.1, 0.15) is 17.2 Å². The predicted octanol–water partition coefficient (Wildman–Crippen LogP) is 3.11. The number of aromatic hydroxyl groups is 2. The summed E-state index contributed by atoms with van der Waals surface area (Å²) in [7, 11) is 0. The minimum atomic E-state index is -0.527. The molecule has 0 heterocycles. The summed E-state index contributed by atoms with van der Waals surface area (Å²) in [5.74, 6) is 0.119. The summed E-state index contributed by atoms with van der Waals surface area (Å²) < 4.78 is 0. The molecule has 0 aliphatic heterocycles. The van der Waals surface area contributed by atoms with Crippen LogP contribution in [0.15, 0.2) is 36.4 Å². The Hall–Kier alpha value is -2.76. The first-order valence-electron chi connectivity index (χ1n) is 6.61. The number of hydrogen-bond acceptors (Lipinski definition) is 5. The van der Waals surface area contributed by atoms with E-state index in [1.165, 1.54) is 12.1 Å². The minimum Gasteiger partial charge on any atom is -0.508 e. The van der Waals surface area contributed by atoms with Gasteiger partial charge in [-0.1, -0.05) is 12.1 Å². The van der Waals surface area contributed by atoms with Gasteiger partial charge in [-0.25, -0.2) is 0 Å². The number of nitrogens with zero attached hydrogens (tertiary/aromatic N) is 1. The molecule has 6 heteroatoms. The number of hydrogen-bond donors (Lipinski definition) is 3. The lowest BCUT2D eigenvalue weighted by Crippen LogP contribution is -2.08. The third-order valence-electron chi connectivity index (χ3n) is 3.75. The molecule has 0 saturated heterocycles. The summed E-state index contributed by atoms with van der Waals surface area (Å²) in [6.45, 7) is 0. The molecule has 0 saturated carbocycles. The molecule has 3 N–H and O–H groups in total. The Morgan fingerprint density at radius 1 is 1.24 bits per heavy atom. The highest BCUT2D eigenvalue weighted by molar-refractivity contribution is 5.65. The van der Waals surface area contributed by atoms with Crippen LogP contribution in [0, 0.1) is 10.1 Å². The van der Waals surface area contributed by atoms with E-state index in [1.54, 1.807) is 12.1 Å². The molecule has 21 heavy (non-hydrogen) atoms. The van der Waals surface area contributed by atoms with Crippen LogP contribution in [0.4, 0.5) is 11.4 Å². The van der Waals surface area contributed by atoms with Gasteiger partial charge in [-0.3, -0.25) is 10.1 Å². The number of phenols is 2. The molecular formula is C15H14N2O4. The van der Waals surface area contributed by atoms with Crippen LogP contribution in [0.1, 0.15) is 23.6 Å². The molecule has 6 nitrogen and oxygen atoms in total. The van der Waals surface area contributed by atoms with E-state index in [0.717, 1.165) is 30.0 Å². The van der Waals surface area contributed by atoms with Crippen molar-refractivity contribution in [3.8, 4) is 11.5 Å². The highest BCUT2D eigenvalue weighted by Crippen LogP contribution is 2.40. The van der Waals surface area contributed by atoms with Crippen LogP contribution in [0.5, 0.6) is 11.5 Å². The van der Waals surface area contributed by atoms with Crippen LogP contribution in [0.3, 0.4) is 0 Å². The van der Waals surface area contributed by atoms with Gasteiger partial charge < -0.3 is 15.5 Å². The van der Waals surface area contributed by atoms with Gasteiger partial charge in [0.15, 0.2) is 0 Å². The molecule has 1 unspecified atom stereocenters. The third-order valence-corrected chi connectivity index (χ3v) is 3.75. The summed E-state index contributed by atoms with van der Waals surface area (Å²) >= 11 is 0. The number of benzene rings is 2. The molecule has 2 aromatic carbocycles. The van der Waals surface area contributed by atoms with Gasteiger partial charge in [-0.05, 0) is 42.2 Å². The first kappa shape index (κ1) is 13.2. The van der Waals surface area contributed by atoms with Crippen LogP contribution in [-0.4, -0.2) is 15.1 Å². The van der Waals surface area contributed by atoms with Crippen molar-refractivity contribution in [3.63, 3.8) is 0 Å². The number of anilines is 1. The number of rotatable bonds is 3. The fourth-order valence-electron chi connectivity index (χ4n) is 2.77. The second-order valence-corrected chi connectivity index (χ2v) is 5.04. The fourth-order valence-corrected chi connectivity index (χ4v) is 2.77. The van der Waals surface area contributed by atoms with E-state index >= 15 is 0 Å². The number of nitro benzene ring substituents is 1. The average molecular weight is 286 g/mol. The Balaban J connectivity index is 1.93. The normalized spacial score (nSPS) is 16.5. The third kappa shape index (κ3) is 2.35. The van der Waals surface area contributed by atoms with Crippen molar-refractivity contribution in [1.29, 1.82) is 0 Å². The summed E-state index contributed by atoms with van der Waals surface area (Å²) in [4.78, 5) is 10.5. The SMILES string of the molecule is O=[N+]([O-])c1cc(O)ccc1NC1CCc2c(O)cccc21. The quantitative estimate of drug-likeness (QED) is 0.458. The molecule has 1 atom stereocenters. The Morgan fingerprint density at radius 3 is 2.81 bits per heavy atom. The van der Waals surface area contributed by atoms with Crippen molar-refractivity contribution in [2.24, 2.45) is 0 Å². The Morgan fingerprint density at radius 2 is 2.05 bits per heavy atom. The molecule has 0 spiro atoms. The van der Waals surface area contributed by atoms with E-state index in [2.05, 4.69) is 5.32 Å². The van der Waals surface area contributed by atoms with E-state index in [4.69, 9.17) is 0 Å². The lowest BCUT2D eigenvalue weighted by Gasteiger charge is -2.15. The molecule has 0 bridgehead atoms. The second-order valence-electron chi connectivity index (χ2n) is 5.04. The topological polar surface area (TPSA) is 95.6 Å². The van der Waals surface area contributed by atoms with E-state index in [1.807, 2.05) is 6.07 Å². The van der Waals surface area contributed by atoms with Crippen LogP contribution < -0.4 is 5.32 Å². The van der Waals surface area contributed by atoms with Gasteiger partial charge in [0, 0.05) is 0 Å². The van der Waals surface area contributed by atoms with Crippen molar-refractivity contribution < 1.29 is 15.1 Å². The van der Waals surface area contributed by atoms with Crippen molar-refractivity contribution in [3.05, 3.63) is 57.6 Å². The van der Waals surface area contributed by atoms with Gasteiger partial charge in [0.2, 0.25) is 0 Å². The van der Waals surface area contributed by atoms with Gasteiger partial charge in [-0.15, -0.1) is 0 Å². The zero-order valence-electron chi connectivity index (χ0n) is 11.1.